The number of nitrogens with two attached hydrogens (primary N) is 1. The van der Waals surface area contributed by atoms with Gasteiger partial charge in [-0.1, -0.05) is 0 Å². The van der Waals surface area contributed by atoms with Gasteiger partial charge in [0.1, 0.15) is 5.82 Å². The minimum Gasteiger partial charge on any atom is -0.334 e. The van der Waals surface area contributed by atoms with Gasteiger partial charge in [0.2, 0.25) is 0 Å². The van der Waals surface area contributed by atoms with Crippen LogP contribution in [-0.2, 0) is 6.54 Å². The highest BCUT2D eigenvalue weighted by Gasteiger charge is 2.15. The van der Waals surface area contributed by atoms with Crippen molar-refractivity contribution in [3.8, 4) is 0 Å². The van der Waals surface area contributed by atoms with Gasteiger partial charge >= 0.3 is 0 Å². The Morgan fingerprint density at radius 1 is 1.11 bits per heavy atom. The lowest BCUT2D eigenvalue weighted by Crippen LogP contribution is -2.47. The predicted molar refractivity (Wildman–Crippen MR) is 73.5 cm³/mol. The molecule has 18 heavy (non-hydrogen) atoms. The summed E-state index contributed by atoms with van der Waals surface area (Å²) in [7, 11) is 0. The van der Waals surface area contributed by atoms with Gasteiger partial charge in [0, 0.05) is 51.7 Å². The van der Waals surface area contributed by atoms with Gasteiger partial charge in [-0.05, 0) is 26.4 Å². The zero-order valence-corrected chi connectivity index (χ0v) is 11.4. The monoisotopic (exact) mass is 251 g/mol. The van der Waals surface area contributed by atoms with E-state index in [1.54, 1.807) is 0 Å². The molecule has 1 aliphatic rings. The summed E-state index contributed by atoms with van der Waals surface area (Å²) in [5.74, 6) is 1.11. The van der Waals surface area contributed by atoms with Crippen molar-refractivity contribution in [1.82, 2.24) is 19.4 Å². The lowest BCUT2D eigenvalue weighted by molar-refractivity contribution is 0.128. The van der Waals surface area contributed by atoms with E-state index in [0.717, 1.165) is 38.4 Å². The van der Waals surface area contributed by atoms with Crippen molar-refractivity contribution < 1.29 is 0 Å². The van der Waals surface area contributed by atoms with Crippen LogP contribution in [0.25, 0.3) is 0 Å². The molecule has 0 saturated carbocycles. The number of imidazole rings is 1. The highest BCUT2D eigenvalue weighted by molar-refractivity contribution is 4.88. The second kappa shape index (κ2) is 6.87. The van der Waals surface area contributed by atoms with Crippen molar-refractivity contribution in [2.75, 3.05) is 45.8 Å². The molecule has 0 aromatic carbocycles. The first kappa shape index (κ1) is 13.5. The maximum atomic E-state index is 5.54. The third-order valence-corrected chi connectivity index (χ3v) is 3.72. The smallest absolute Gasteiger partial charge is 0.105 e. The van der Waals surface area contributed by atoms with Crippen LogP contribution in [0.1, 0.15) is 12.2 Å². The summed E-state index contributed by atoms with van der Waals surface area (Å²) in [5.41, 5.74) is 5.54. The van der Waals surface area contributed by atoms with Crippen molar-refractivity contribution in [2.45, 2.75) is 19.9 Å². The Labute approximate surface area is 110 Å². The van der Waals surface area contributed by atoms with Gasteiger partial charge in [0.05, 0.1) is 0 Å². The Morgan fingerprint density at radius 3 is 2.33 bits per heavy atom. The van der Waals surface area contributed by atoms with Crippen LogP contribution in [0.2, 0.25) is 0 Å². The number of aromatic nitrogens is 2. The summed E-state index contributed by atoms with van der Waals surface area (Å²) in [6.07, 6.45) is 5.06. The summed E-state index contributed by atoms with van der Waals surface area (Å²) in [4.78, 5) is 9.31. The molecule has 0 atom stereocenters. The molecule has 1 aromatic heterocycles. The van der Waals surface area contributed by atoms with E-state index in [4.69, 9.17) is 5.73 Å². The molecule has 1 aromatic rings. The molecular weight excluding hydrogens is 226 g/mol. The first-order valence-corrected chi connectivity index (χ1v) is 6.92. The number of hydrogen-bond donors (Lipinski definition) is 1. The Kier molecular flexibility index (Phi) is 5.16. The van der Waals surface area contributed by atoms with Crippen LogP contribution < -0.4 is 5.73 Å². The van der Waals surface area contributed by atoms with Crippen LogP contribution >= 0.6 is 0 Å². The van der Waals surface area contributed by atoms with Crippen molar-refractivity contribution in [3.05, 3.63) is 18.2 Å². The molecule has 2 N–H and O–H groups in total. The fourth-order valence-corrected chi connectivity index (χ4v) is 2.44. The molecule has 1 saturated heterocycles. The van der Waals surface area contributed by atoms with E-state index in [1.807, 2.05) is 6.20 Å². The Morgan fingerprint density at radius 2 is 1.78 bits per heavy atom. The zero-order chi connectivity index (χ0) is 12.8. The molecule has 5 nitrogen and oxygen atoms in total. The average Bonchev–Trinajstić information content (AvgIpc) is 2.81. The Balaban J connectivity index is 1.66. The Hall–Kier alpha value is -0.910. The van der Waals surface area contributed by atoms with E-state index in [1.165, 1.54) is 26.2 Å². The third kappa shape index (κ3) is 3.80. The molecule has 0 bridgehead atoms. The van der Waals surface area contributed by atoms with Crippen molar-refractivity contribution in [2.24, 2.45) is 5.73 Å². The van der Waals surface area contributed by atoms with Crippen molar-refractivity contribution >= 4 is 0 Å². The normalized spacial score (nSPS) is 18.3. The van der Waals surface area contributed by atoms with Crippen LogP contribution in [0.15, 0.2) is 12.4 Å². The number of hydrogen-bond acceptors (Lipinski definition) is 4. The van der Waals surface area contributed by atoms with E-state index < -0.39 is 0 Å². The van der Waals surface area contributed by atoms with E-state index >= 15 is 0 Å². The highest BCUT2D eigenvalue weighted by Crippen LogP contribution is 2.03. The van der Waals surface area contributed by atoms with Crippen LogP contribution in [-0.4, -0.2) is 65.2 Å². The summed E-state index contributed by atoms with van der Waals surface area (Å²) in [5, 5.41) is 0. The number of rotatable bonds is 6. The average molecular weight is 251 g/mol. The quantitative estimate of drug-likeness (QED) is 0.782. The minimum atomic E-state index is 0.806. The largest absolute Gasteiger partial charge is 0.334 e. The molecule has 0 amide bonds. The number of piperazine rings is 1. The Bertz CT molecular complexity index is 341. The van der Waals surface area contributed by atoms with Gasteiger partial charge in [-0.25, -0.2) is 4.98 Å². The van der Waals surface area contributed by atoms with Crippen LogP contribution in [0, 0.1) is 6.92 Å². The minimum absolute atomic E-state index is 0.806. The molecular formula is C13H25N5. The van der Waals surface area contributed by atoms with E-state index in [0.29, 0.717) is 0 Å². The lowest BCUT2D eigenvalue weighted by Gasteiger charge is -2.34. The zero-order valence-electron chi connectivity index (χ0n) is 11.4. The summed E-state index contributed by atoms with van der Waals surface area (Å²) in [6, 6.07) is 0. The topological polar surface area (TPSA) is 50.3 Å². The molecule has 1 aliphatic heterocycles. The van der Waals surface area contributed by atoms with Gasteiger partial charge in [-0.15, -0.1) is 0 Å². The molecule has 2 heterocycles. The third-order valence-electron chi connectivity index (χ3n) is 3.72. The van der Waals surface area contributed by atoms with E-state index in [-0.39, 0.29) is 0 Å². The summed E-state index contributed by atoms with van der Waals surface area (Å²) < 4.78 is 2.22. The van der Waals surface area contributed by atoms with Gasteiger partial charge in [0.25, 0.3) is 0 Å². The molecule has 0 spiro atoms. The first-order chi connectivity index (χ1) is 8.79. The van der Waals surface area contributed by atoms with Gasteiger partial charge in [-0.2, -0.15) is 0 Å². The summed E-state index contributed by atoms with van der Waals surface area (Å²) in [6.45, 7) is 10.9. The maximum Gasteiger partial charge on any atom is 0.105 e. The molecule has 0 unspecified atom stereocenters. The van der Waals surface area contributed by atoms with Crippen LogP contribution in [0.3, 0.4) is 0 Å². The first-order valence-electron chi connectivity index (χ1n) is 6.92. The van der Waals surface area contributed by atoms with Gasteiger partial charge < -0.3 is 15.2 Å². The van der Waals surface area contributed by atoms with Gasteiger partial charge in [0.15, 0.2) is 0 Å². The molecule has 1 fully saturated rings. The van der Waals surface area contributed by atoms with Crippen molar-refractivity contribution in [3.63, 3.8) is 0 Å². The van der Waals surface area contributed by atoms with Crippen LogP contribution in [0.5, 0.6) is 0 Å². The SMILES string of the molecule is Cc1nccn1CCN1CCN(CCCN)CC1. The second-order valence-corrected chi connectivity index (χ2v) is 4.99. The lowest BCUT2D eigenvalue weighted by atomic mass is 10.3. The number of aryl methyl sites for hydroxylation is 1. The summed E-state index contributed by atoms with van der Waals surface area (Å²) >= 11 is 0. The predicted octanol–water partition coefficient (Wildman–Crippen LogP) is 0.158. The number of nitrogens with zero attached hydrogens (tertiary/aromatic N) is 4. The second-order valence-electron chi connectivity index (χ2n) is 4.99. The molecule has 2 rings (SSSR count). The molecule has 0 aliphatic carbocycles. The van der Waals surface area contributed by atoms with Crippen LogP contribution in [0.4, 0.5) is 0 Å². The fourth-order valence-electron chi connectivity index (χ4n) is 2.44. The molecule has 0 radical (unpaired) electrons. The fraction of sp³-hybridized carbons (Fsp3) is 0.769. The van der Waals surface area contributed by atoms with E-state index in [9.17, 15) is 0 Å². The highest BCUT2D eigenvalue weighted by atomic mass is 15.3. The van der Waals surface area contributed by atoms with E-state index in [2.05, 4.69) is 32.5 Å². The van der Waals surface area contributed by atoms with Gasteiger partial charge in [-0.3, -0.25) is 4.90 Å². The molecule has 102 valence electrons. The van der Waals surface area contributed by atoms with Crippen molar-refractivity contribution in [1.29, 1.82) is 0 Å². The standard InChI is InChI=1S/C13H25N5/c1-13-15-4-6-18(13)12-11-17-9-7-16(8-10-17)5-2-3-14/h4,6H,2-3,5,7-12,14H2,1H3. The maximum absolute atomic E-state index is 5.54. The molecule has 5 heteroatoms.